The van der Waals surface area contributed by atoms with Gasteiger partial charge in [0.1, 0.15) is 0 Å². The van der Waals surface area contributed by atoms with Crippen LogP contribution in [0, 0.1) is 0 Å². The van der Waals surface area contributed by atoms with Crippen molar-refractivity contribution in [1.29, 1.82) is 0 Å². The third-order valence-electron chi connectivity index (χ3n) is 4.25. The highest BCUT2D eigenvalue weighted by atomic mass is 79.9. The minimum absolute atomic E-state index is 0.00502. The van der Waals surface area contributed by atoms with Gasteiger partial charge in [0.25, 0.3) is 0 Å². The second-order valence-electron chi connectivity index (χ2n) is 6.53. The lowest BCUT2D eigenvalue weighted by molar-refractivity contribution is -0.116. The van der Waals surface area contributed by atoms with Crippen molar-refractivity contribution >= 4 is 72.4 Å². The molecule has 31 heavy (non-hydrogen) atoms. The number of rotatable bonds is 7. The minimum atomic E-state index is -3.99. The predicted octanol–water partition coefficient (Wildman–Crippen LogP) is 6.24. The van der Waals surface area contributed by atoms with Crippen molar-refractivity contribution in [3.63, 3.8) is 0 Å². The number of hydrogen-bond donors (Lipinski definition) is 1. The Morgan fingerprint density at radius 3 is 2.16 bits per heavy atom. The van der Waals surface area contributed by atoms with Crippen molar-refractivity contribution in [2.45, 2.75) is 11.4 Å². The van der Waals surface area contributed by atoms with Crippen LogP contribution in [0.15, 0.2) is 76.1 Å². The van der Waals surface area contributed by atoms with Crippen LogP contribution in [0.3, 0.4) is 0 Å². The van der Waals surface area contributed by atoms with E-state index in [2.05, 4.69) is 21.2 Å². The van der Waals surface area contributed by atoms with Crippen molar-refractivity contribution in [2.24, 2.45) is 0 Å². The third kappa shape index (κ3) is 6.44. The number of benzene rings is 3. The maximum absolute atomic E-state index is 13.3. The van der Waals surface area contributed by atoms with E-state index in [0.29, 0.717) is 21.3 Å². The largest absolute Gasteiger partial charge is 0.324 e. The number of nitrogens with one attached hydrogen (secondary N) is 1. The number of sulfonamides is 1. The maximum atomic E-state index is 13.3. The van der Waals surface area contributed by atoms with Gasteiger partial charge in [-0.15, -0.1) is 0 Å². The van der Waals surface area contributed by atoms with Crippen LogP contribution in [0.5, 0.6) is 0 Å². The predicted molar refractivity (Wildman–Crippen MR) is 128 cm³/mol. The van der Waals surface area contributed by atoms with Crippen LogP contribution in [0.1, 0.15) is 5.56 Å². The Bertz CT molecular complexity index is 1190. The molecule has 0 aliphatic heterocycles. The molecule has 10 heteroatoms. The first kappa shape index (κ1) is 24.0. The molecule has 0 aromatic heterocycles. The Morgan fingerprint density at radius 1 is 0.903 bits per heavy atom. The van der Waals surface area contributed by atoms with Crippen molar-refractivity contribution in [1.82, 2.24) is 4.31 Å². The molecule has 0 radical (unpaired) electrons. The highest BCUT2D eigenvalue weighted by Gasteiger charge is 2.27. The molecule has 0 aliphatic carbocycles. The summed E-state index contributed by atoms with van der Waals surface area (Å²) in [5.41, 5.74) is 1.01. The van der Waals surface area contributed by atoms with E-state index < -0.39 is 22.5 Å². The molecule has 1 amide bonds. The van der Waals surface area contributed by atoms with Gasteiger partial charge in [-0.2, -0.15) is 4.31 Å². The monoisotopic (exact) mass is 560 g/mol. The Kier molecular flexibility index (Phi) is 8.02. The van der Waals surface area contributed by atoms with Gasteiger partial charge in [-0.25, -0.2) is 8.42 Å². The third-order valence-corrected chi connectivity index (χ3v) is 7.40. The van der Waals surface area contributed by atoms with Crippen LogP contribution in [0.2, 0.25) is 15.1 Å². The van der Waals surface area contributed by atoms with E-state index in [-0.39, 0.29) is 16.5 Å². The summed E-state index contributed by atoms with van der Waals surface area (Å²) >= 11 is 21.3. The second-order valence-corrected chi connectivity index (χ2v) is 10.7. The van der Waals surface area contributed by atoms with Gasteiger partial charge in [0, 0.05) is 21.1 Å². The zero-order chi connectivity index (χ0) is 22.6. The molecule has 0 heterocycles. The van der Waals surface area contributed by atoms with Crippen LogP contribution < -0.4 is 5.32 Å². The molecule has 0 spiro atoms. The molecule has 1 N–H and O–H groups in total. The summed E-state index contributed by atoms with van der Waals surface area (Å²) in [7, 11) is -3.99. The van der Waals surface area contributed by atoms with Gasteiger partial charge in [0.15, 0.2) is 0 Å². The summed E-state index contributed by atoms with van der Waals surface area (Å²) in [5.74, 6) is -0.557. The van der Waals surface area contributed by atoms with E-state index in [1.807, 2.05) is 0 Å². The molecular formula is C21H16BrCl3N2O3S. The van der Waals surface area contributed by atoms with E-state index in [9.17, 15) is 13.2 Å². The van der Waals surface area contributed by atoms with Crippen LogP contribution >= 0.6 is 50.7 Å². The summed E-state index contributed by atoms with van der Waals surface area (Å²) in [5, 5.41) is 3.71. The van der Waals surface area contributed by atoms with Crippen molar-refractivity contribution in [3.05, 3.63) is 91.8 Å². The highest BCUT2D eigenvalue weighted by molar-refractivity contribution is 9.10. The quantitative estimate of drug-likeness (QED) is 0.371. The van der Waals surface area contributed by atoms with Gasteiger partial charge in [-0.3, -0.25) is 4.79 Å². The topological polar surface area (TPSA) is 66.5 Å². The SMILES string of the molecule is O=C(CN(Cc1ccc(Br)cc1)S(=O)(=O)c1ccc(Cl)cc1)Nc1cc(Cl)ccc1Cl. The molecule has 0 fully saturated rings. The summed E-state index contributed by atoms with van der Waals surface area (Å²) in [6, 6.07) is 17.6. The van der Waals surface area contributed by atoms with Crippen molar-refractivity contribution in [3.8, 4) is 0 Å². The average Bonchev–Trinajstić information content (AvgIpc) is 2.72. The molecule has 0 saturated heterocycles. The summed E-state index contributed by atoms with van der Waals surface area (Å²) in [4.78, 5) is 12.7. The van der Waals surface area contributed by atoms with Gasteiger partial charge in [0.05, 0.1) is 22.2 Å². The van der Waals surface area contributed by atoms with Crippen LogP contribution in [-0.2, 0) is 21.4 Å². The zero-order valence-corrected chi connectivity index (χ0v) is 20.5. The molecule has 0 saturated carbocycles. The summed E-state index contributed by atoms with van der Waals surface area (Å²) in [6.07, 6.45) is 0. The fraction of sp³-hybridized carbons (Fsp3) is 0.0952. The van der Waals surface area contributed by atoms with Crippen LogP contribution in [0.25, 0.3) is 0 Å². The van der Waals surface area contributed by atoms with E-state index in [0.717, 1.165) is 8.78 Å². The zero-order valence-electron chi connectivity index (χ0n) is 15.9. The Hall–Kier alpha value is -1.61. The van der Waals surface area contributed by atoms with Gasteiger partial charge >= 0.3 is 0 Å². The number of carbonyl (C=O) groups excluding carboxylic acids is 1. The summed E-state index contributed by atoms with van der Waals surface area (Å²) < 4.78 is 28.5. The number of amides is 1. The summed E-state index contributed by atoms with van der Waals surface area (Å²) in [6.45, 7) is -0.432. The standard InChI is InChI=1S/C21H16BrCl3N2O3S/c22-15-3-1-14(2-4-15)12-27(31(29,30)18-8-5-16(23)6-9-18)13-21(28)26-20-11-17(24)7-10-19(20)25/h1-11H,12-13H2,(H,26,28). The average molecular weight is 563 g/mol. The molecular weight excluding hydrogens is 547 g/mol. The Labute approximate surface area is 204 Å². The molecule has 0 aliphatic rings. The molecule has 3 aromatic carbocycles. The molecule has 5 nitrogen and oxygen atoms in total. The van der Waals surface area contributed by atoms with Crippen LogP contribution in [0.4, 0.5) is 5.69 Å². The molecule has 162 valence electrons. The Balaban J connectivity index is 1.89. The van der Waals surface area contributed by atoms with Gasteiger partial charge < -0.3 is 5.32 Å². The Morgan fingerprint density at radius 2 is 1.52 bits per heavy atom. The normalized spacial score (nSPS) is 11.5. The first-order chi connectivity index (χ1) is 14.6. The molecule has 0 atom stereocenters. The van der Waals surface area contributed by atoms with E-state index in [1.165, 1.54) is 30.3 Å². The number of anilines is 1. The molecule has 0 unspecified atom stereocenters. The lowest BCUT2D eigenvalue weighted by Crippen LogP contribution is -2.37. The maximum Gasteiger partial charge on any atom is 0.243 e. The molecule has 0 bridgehead atoms. The van der Waals surface area contributed by atoms with Crippen molar-refractivity contribution in [2.75, 3.05) is 11.9 Å². The fourth-order valence-corrected chi connectivity index (χ4v) is 4.83. The van der Waals surface area contributed by atoms with Gasteiger partial charge in [-0.05, 0) is 60.2 Å². The number of halogens is 4. The van der Waals surface area contributed by atoms with Crippen molar-refractivity contribution < 1.29 is 13.2 Å². The lowest BCUT2D eigenvalue weighted by Gasteiger charge is -2.22. The lowest BCUT2D eigenvalue weighted by atomic mass is 10.2. The van der Waals surface area contributed by atoms with E-state index in [1.54, 1.807) is 36.4 Å². The first-order valence-corrected chi connectivity index (χ1v) is 12.3. The number of hydrogen-bond acceptors (Lipinski definition) is 3. The number of nitrogens with zero attached hydrogens (tertiary/aromatic N) is 1. The smallest absolute Gasteiger partial charge is 0.243 e. The number of carbonyl (C=O) groups is 1. The molecule has 3 aromatic rings. The van der Waals surface area contributed by atoms with Crippen LogP contribution in [-0.4, -0.2) is 25.2 Å². The molecule has 3 rings (SSSR count). The van der Waals surface area contributed by atoms with E-state index in [4.69, 9.17) is 34.8 Å². The fourth-order valence-electron chi connectivity index (χ4n) is 2.72. The minimum Gasteiger partial charge on any atom is -0.324 e. The van der Waals surface area contributed by atoms with E-state index >= 15 is 0 Å². The second kappa shape index (κ2) is 10.3. The first-order valence-electron chi connectivity index (χ1n) is 8.90. The highest BCUT2D eigenvalue weighted by Crippen LogP contribution is 2.26. The van der Waals surface area contributed by atoms with Gasteiger partial charge in [-0.1, -0.05) is 62.9 Å². The van der Waals surface area contributed by atoms with Gasteiger partial charge in [0.2, 0.25) is 15.9 Å².